The van der Waals surface area contributed by atoms with Gasteiger partial charge < -0.3 is 15.7 Å². The second-order valence-corrected chi connectivity index (χ2v) is 4.79. The van der Waals surface area contributed by atoms with Crippen LogP contribution >= 0.6 is 0 Å². The number of benzene rings is 1. The molecular weight excluding hydrogens is 256 g/mol. The van der Waals surface area contributed by atoms with Gasteiger partial charge in [-0.15, -0.1) is 0 Å². The predicted molar refractivity (Wildman–Crippen MR) is 77.4 cm³/mol. The van der Waals surface area contributed by atoms with E-state index in [1.165, 1.54) is 6.08 Å². The van der Waals surface area contributed by atoms with Gasteiger partial charge in [0.2, 0.25) is 5.91 Å². The number of carbonyl (C=O) groups is 2. The van der Waals surface area contributed by atoms with Crippen LogP contribution in [0, 0.1) is 0 Å². The molecule has 1 aromatic rings. The summed E-state index contributed by atoms with van der Waals surface area (Å²) in [5.74, 6) is -1.03. The molecule has 106 valence electrons. The molecule has 0 saturated carbocycles. The molecule has 20 heavy (non-hydrogen) atoms. The van der Waals surface area contributed by atoms with Crippen molar-refractivity contribution in [2.75, 3.05) is 11.9 Å². The van der Waals surface area contributed by atoms with E-state index in [0.717, 1.165) is 37.4 Å². The third-order valence-corrected chi connectivity index (χ3v) is 3.20. The fourth-order valence-electron chi connectivity index (χ4n) is 2.19. The second-order valence-electron chi connectivity index (χ2n) is 4.79. The monoisotopic (exact) mass is 274 g/mol. The maximum absolute atomic E-state index is 12.1. The summed E-state index contributed by atoms with van der Waals surface area (Å²) in [5, 5.41) is 14.6. The number of carboxylic acids is 1. The lowest BCUT2D eigenvalue weighted by atomic mass is 10.0. The van der Waals surface area contributed by atoms with Crippen molar-refractivity contribution >= 4 is 23.6 Å². The number of hydrogen-bond donors (Lipinski definition) is 3. The van der Waals surface area contributed by atoms with Crippen LogP contribution in [-0.4, -0.2) is 29.6 Å². The van der Waals surface area contributed by atoms with Crippen molar-refractivity contribution in [3.8, 4) is 0 Å². The van der Waals surface area contributed by atoms with Crippen LogP contribution in [0.1, 0.15) is 24.8 Å². The predicted octanol–water partition coefficient (Wildman–Crippen LogP) is 1.86. The number of carboxylic acid groups (broad SMARTS) is 1. The van der Waals surface area contributed by atoms with Crippen molar-refractivity contribution in [2.45, 2.75) is 25.3 Å². The van der Waals surface area contributed by atoms with Gasteiger partial charge in [0.05, 0.1) is 6.04 Å². The number of carbonyl (C=O) groups excluding carboxylic acids is 1. The standard InChI is InChI=1S/C15H18N2O3/c18-14(19)8-7-11-4-3-5-12(10-11)17-15(20)13-6-1-2-9-16-13/h3-5,7-8,10,13,16H,1-2,6,9H2,(H,17,20)(H,18,19)/b8-7+/t13-/m1/s1. The first-order valence-electron chi connectivity index (χ1n) is 6.70. The van der Waals surface area contributed by atoms with Gasteiger partial charge in [-0.3, -0.25) is 4.79 Å². The number of aliphatic carboxylic acids is 1. The zero-order valence-electron chi connectivity index (χ0n) is 11.1. The zero-order valence-corrected chi connectivity index (χ0v) is 11.1. The molecule has 1 aromatic carbocycles. The molecule has 0 aromatic heterocycles. The van der Waals surface area contributed by atoms with Crippen LogP contribution in [0.25, 0.3) is 6.08 Å². The fraction of sp³-hybridized carbons (Fsp3) is 0.333. The lowest BCUT2D eigenvalue weighted by Crippen LogP contribution is -2.43. The Morgan fingerprint density at radius 1 is 1.35 bits per heavy atom. The molecule has 1 heterocycles. The van der Waals surface area contributed by atoms with Crippen LogP contribution in [0.5, 0.6) is 0 Å². The lowest BCUT2D eigenvalue weighted by molar-refractivity contribution is -0.131. The Morgan fingerprint density at radius 2 is 2.20 bits per heavy atom. The molecule has 2 rings (SSSR count). The highest BCUT2D eigenvalue weighted by Gasteiger charge is 2.20. The Morgan fingerprint density at radius 3 is 2.90 bits per heavy atom. The van der Waals surface area contributed by atoms with E-state index in [1.54, 1.807) is 24.3 Å². The minimum atomic E-state index is -0.995. The average Bonchev–Trinajstić information content (AvgIpc) is 2.46. The summed E-state index contributed by atoms with van der Waals surface area (Å²) in [7, 11) is 0. The Bertz CT molecular complexity index is 520. The summed E-state index contributed by atoms with van der Waals surface area (Å²) in [5.41, 5.74) is 1.41. The van der Waals surface area contributed by atoms with Crippen LogP contribution in [0.2, 0.25) is 0 Å². The van der Waals surface area contributed by atoms with Crippen LogP contribution in [-0.2, 0) is 9.59 Å². The van der Waals surface area contributed by atoms with E-state index in [-0.39, 0.29) is 11.9 Å². The van der Waals surface area contributed by atoms with E-state index in [2.05, 4.69) is 10.6 Å². The number of hydrogen-bond acceptors (Lipinski definition) is 3. The first-order valence-corrected chi connectivity index (χ1v) is 6.70. The summed E-state index contributed by atoms with van der Waals surface area (Å²) in [6.07, 6.45) is 5.59. The first kappa shape index (κ1) is 14.3. The van der Waals surface area contributed by atoms with E-state index < -0.39 is 5.97 Å². The number of piperidine rings is 1. The highest BCUT2D eigenvalue weighted by atomic mass is 16.4. The molecule has 0 radical (unpaired) electrons. The molecule has 1 atom stereocenters. The molecule has 0 bridgehead atoms. The van der Waals surface area contributed by atoms with Crippen LogP contribution in [0.3, 0.4) is 0 Å². The Hall–Kier alpha value is -2.14. The summed E-state index contributed by atoms with van der Waals surface area (Å²) in [6.45, 7) is 0.874. The maximum atomic E-state index is 12.1. The van der Waals surface area contributed by atoms with Gasteiger partial charge in [-0.05, 0) is 43.2 Å². The van der Waals surface area contributed by atoms with Gasteiger partial charge in [0.25, 0.3) is 0 Å². The molecule has 0 spiro atoms. The molecule has 1 saturated heterocycles. The highest BCUT2D eigenvalue weighted by Crippen LogP contribution is 2.14. The third kappa shape index (κ3) is 4.20. The van der Waals surface area contributed by atoms with Gasteiger partial charge in [0, 0.05) is 11.8 Å². The summed E-state index contributed by atoms with van der Waals surface area (Å²) in [4.78, 5) is 22.5. The second kappa shape index (κ2) is 6.86. The first-order chi connectivity index (χ1) is 9.65. The topological polar surface area (TPSA) is 78.4 Å². The number of amides is 1. The Labute approximate surface area is 117 Å². The molecule has 5 heteroatoms. The normalized spacial score (nSPS) is 18.9. The summed E-state index contributed by atoms with van der Waals surface area (Å²) in [6, 6.07) is 6.97. The fourth-order valence-corrected chi connectivity index (χ4v) is 2.19. The smallest absolute Gasteiger partial charge is 0.328 e. The van der Waals surface area contributed by atoms with Crippen molar-refractivity contribution in [1.82, 2.24) is 5.32 Å². The van der Waals surface area contributed by atoms with E-state index in [0.29, 0.717) is 5.69 Å². The van der Waals surface area contributed by atoms with E-state index in [4.69, 9.17) is 5.11 Å². The lowest BCUT2D eigenvalue weighted by Gasteiger charge is -2.22. The Balaban J connectivity index is 2.00. The zero-order chi connectivity index (χ0) is 14.4. The number of anilines is 1. The van der Waals surface area contributed by atoms with Gasteiger partial charge in [-0.1, -0.05) is 18.6 Å². The van der Waals surface area contributed by atoms with E-state index in [9.17, 15) is 9.59 Å². The van der Waals surface area contributed by atoms with Gasteiger partial charge in [-0.2, -0.15) is 0 Å². The van der Waals surface area contributed by atoms with Gasteiger partial charge in [0.1, 0.15) is 0 Å². The Kier molecular flexibility index (Phi) is 4.90. The largest absolute Gasteiger partial charge is 0.478 e. The molecule has 1 aliphatic heterocycles. The van der Waals surface area contributed by atoms with Gasteiger partial charge in [0.15, 0.2) is 0 Å². The molecule has 1 fully saturated rings. The van der Waals surface area contributed by atoms with Crippen LogP contribution < -0.4 is 10.6 Å². The van der Waals surface area contributed by atoms with E-state index in [1.807, 2.05) is 0 Å². The van der Waals surface area contributed by atoms with Gasteiger partial charge in [-0.25, -0.2) is 4.79 Å². The molecule has 0 aliphatic carbocycles. The molecule has 1 aliphatic rings. The van der Waals surface area contributed by atoms with Crippen molar-refractivity contribution < 1.29 is 14.7 Å². The number of rotatable bonds is 4. The quantitative estimate of drug-likeness (QED) is 0.732. The summed E-state index contributed by atoms with van der Waals surface area (Å²) < 4.78 is 0. The number of nitrogens with one attached hydrogen (secondary N) is 2. The van der Waals surface area contributed by atoms with Crippen LogP contribution in [0.15, 0.2) is 30.3 Å². The molecule has 0 unspecified atom stereocenters. The average molecular weight is 274 g/mol. The van der Waals surface area contributed by atoms with Crippen LogP contribution in [0.4, 0.5) is 5.69 Å². The molecule has 1 amide bonds. The molecule has 3 N–H and O–H groups in total. The minimum absolute atomic E-state index is 0.0379. The molecular formula is C15H18N2O3. The SMILES string of the molecule is O=C(O)/C=C/c1cccc(NC(=O)[C@H]2CCCCN2)c1. The minimum Gasteiger partial charge on any atom is -0.478 e. The highest BCUT2D eigenvalue weighted by molar-refractivity contribution is 5.95. The van der Waals surface area contributed by atoms with Gasteiger partial charge >= 0.3 is 5.97 Å². The van der Waals surface area contributed by atoms with Crippen molar-refractivity contribution in [3.05, 3.63) is 35.9 Å². The van der Waals surface area contributed by atoms with E-state index >= 15 is 0 Å². The van der Waals surface area contributed by atoms with Crippen molar-refractivity contribution in [1.29, 1.82) is 0 Å². The third-order valence-electron chi connectivity index (χ3n) is 3.20. The molecule has 5 nitrogen and oxygen atoms in total. The van der Waals surface area contributed by atoms with Crippen molar-refractivity contribution in [2.24, 2.45) is 0 Å². The maximum Gasteiger partial charge on any atom is 0.328 e. The summed E-state index contributed by atoms with van der Waals surface area (Å²) >= 11 is 0. The van der Waals surface area contributed by atoms with Crippen molar-refractivity contribution in [3.63, 3.8) is 0 Å².